The van der Waals surface area contributed by atoms with Gasteiger partial charge in [-0.05, 0) is 50.7 Å². The summed E-state index contributed by atoms with van der Waals surface area (Å²) in [6.45, 7) is 8.54. The van der Waals surface area contributed by atoms with E-state index in [0.29, 0.717) is 12.0 Å². The van der Waals surface area contributed by atoms with Gasteiger partial charge in [0.1, 0.15) is 0 Å². The summed E-state index contributed by atoms with van der Waals surface area (Å²) in [7, 11) is 1.84. The molecule has 0 spiro atoms. The maximum absolute atomic E-state index is 5.83. The van der Waals surface area contributed by atoms with Crippen LogP contribution < -0.4 is 15.5 Å². The van der Waals surface area contributed by atoms with Gasteiger partial charge in [0.05, 0.1) is 0 Å². The van der Waals surface area contributed by atoms with Crippen LogP contribution in [0.3, 0.4) is 0 Å². The van der Waals surface area contributed by atoms with Crippen LogP contribution >= 0.6 is 0 Å². The topological polar surface area (TPSA) is 58.1 Å². The molecule has 6 heteroatoms. The second kappa shape index (κ2) is 11.3. The minimum atomic E-state index is 0.428. The lowest BCUT2D eigenvalue weighted by Gasteiger charge is -2.22. The van der Waals surface area contributed by atoms with Gasteiger partial charge >= 0.3 is 0 Å². The van der Waals surface area contributed by atoms with Crippen molar-refractivity contribution in [1.82, 2.24) is 10.6 Å². The first-order valence-corrected chi connectivity index (χ1v) is 10.7. The molecule has 0 bridgehead atoms. The smallest absolute Gasteiger partial charge is 0.191 e. The van der Waals surface area contributed by atoms with Gasteiger partial charge in [-0.2, -0.15) is 0 Å². The third-order valence-corrected chi connectivity index (χ3v) is 5.60. The van der Waals surface area contributed by atoms with Crippen LogP contribution in [-0.4, -0.2) is 65.1 Å². The lowest BCUT2D eigenvalue weighted by atomic mass is 10.0. The van der Waals surface area contributed by atoms with E-state index in [4.69, 9.17) is 9.47 Å². The highest BCUT2D eigenvalue weighted by molar-refractivity contribution is 5.80. The standard InChI is InChI=1S/C22H36N4O2/c1-18-4-6-21(7-5-18)26-12-8-20(16-26)25-22(23-2)24-11-3-13-28-17-19-9-14-27-15-10-19/h4-7,19-20H,3,8-17H2,1-2H3,(H2,23,24,25). The summed E-state index contributed by atoms with van der Waals surface area (Å²) < 4.78 is 11.2. The molecule has 1 aromatic rings. The van der Waals surface area contributed by atoms with Crippen LogP contribution in [0.1, 0.15) is 31.2 Å². The van der Waals surface area contributed by atoms with E-state index in [-0.39, 0.29) is 0 Å². The van der Waals surface area contributed by atoms with Crippen molar-refractivity contribution in [2.75, 3.05) is 58.0 Å². The molecule has 1 aromatic carbocycles. The Kier molecular flexibility index (Phi) is 8.42. The fourth-order valence-electron chi connectivity index (χ4n) is 3.80. The van der Waals surface area contributed by atoms with Gasteiger partial charge in [0, 0.05) is 64.8 Å². The van der Waals surface area contributed by atoms with Crippen molar-refractivity contribution >= 4 is 11.6 Å². The zero-order valence-electron chi connectivity index (χ0n) is 17.5. The highest BCUT2D eigenvalue weighted by Gasteiger charge is 2.23. The quantitative estimate of drug-likeness (QED) is 0.407. The molecule has 3 rings (SSSR count). The Hall–Kier alpha value is -1.79. The van der Waals surface area contributed by atoms with E-state index < -0.39 is 0 Å². The SMILES string of the molecule is CN=C(NCCCOCC1CCOCC1)NC1CCN(c2ccc(C)cc2)C1. The molecule has 156 valence electrons. The van der Waals surface area contributed by atoms with Gasteiger partial charge in [0.15, 0.2) is 5.96 Å². The second-order valence-corrected chi connectivity index (χ2v) is 7.89. The largest absolute Gasteiger partial charge is 0.381 e. The number of aliphatic imine (C=N–C) groups is 1. The predicted octanol–water partition coefficient (Wildman–Crippen LogP) is 2.57. The van der Waals surface area contributed by atoms with Crippen molar-refractivity contribution in [2.24, 2.45) is 10.9 Å². The maximum atomic E-state index is 5.83. The highest BCUT2D eigenvalue weighted by atomic mass is 16.5. The molecule has 2 saturated heterocycles. The van der Waals surface area contributed by atoms with Crippen molar-refractivity contribution in [1.29, 1.82) is 0 Å². The van der Waals surface area contributed by atoms with E-state index in [1.165, 1.54) is 11.3 Å². The molecule has 0 amide bonds. The van der Waals surface area contributed by atoms with Crippen molar-refractivity contribution in [3.05, 3.63) is 29.8 Å². The summed E-state index contributed by atoms with van der Waals surface area (Å²) >= 11 is 0. The number of rotatable bonds is 8. The van der Waals surface area contributed by atoms with Gasteiger partial charge in [-0.1, -0.05) is 17.7 Å². The fourth-order valence-corrected chi connectivity index (χ4v) is 3.80. The molecule has 2 heterocycles. The first kappa shape index (κ1) is 20.9. The van der Waals surface area contributed by atoms with E-state index in [1.807, 2.05) is 7.05 Å². The molecular weight excluding hydrogens is 352 g/mol. The monoisotopic (exact) mass is 388 g/mol. The average Bonchev–Trinajstić information content (AvgIpc) is 3.19. The molecule has 28 heavy (non-hydrogen) atoms. The van der Waals surface area contributed by atoms with Crippen molar-refractivity contribution in [3.63, 3.8) is 0 Å². The van der Waals surface area contributed by atoms with Crippen molar-refractivity contribution in [2.45, 2.75) is 38.6 Å². The Bertz CT molecular complexity index is 599. The van der Waals surface area contributed by atoms with Crippen LogP contribution in [0.15, 0.2) is 29.3 Å². The molecule has 1 atom stereocenters. The first-order valence-electron chi connectivity index (χ1n) is 10.7. The summed E-state index contributed by atoms with van der Waals surface area (Å²) in [5, 5.41) is 6.98. The molecule has 0 saturated carbocycles. The fraction of sp³-hybridized carbons (Fsp3) is 0.682. The number of nitrogens with one attached hydrogen (secondary N) is 2. The van der Waals surface area contributed by atoms with E-state index in [0.717, 1.165) is 77.7 Å². The summed E-state index contributed by atoms with van der Waals surface area (Å²) in [5.74, 6) is 1.56. The Balaban J connectivity index is 1.28. The van der Waals surface area contributed by atoms with Gasteiger partial charge in [-0.25, -0.2) is 0 Å². The van der Waals surface area contributed by atoms with Crippen molar-refractivity contribution in [3.8, 4) is 0 Å². The molecule has 1 unspecified atom stereocenters. The molecule has 0 aliphatic carbocycles. The third-order valence-electron chi connectivity index (χ3n) is 5.60. The maximum Gasteiger partial charge on any atom is 0.191 e. The number of ether oxygens (including phenoxy) is 2. The summed E-state index contributed by atoms with van der Waals surface area (Å²) in [6.07, 6.45) is 4.39. The molecule has 2 fully saturated rings. The van der Waals surface area contributed by atoms with E-state index in [1.54, 1.807) is 0 Å². The molecule has 0 radical (unpaired) electrons. The normalized spacial score (nSPS) is 21.1. The molecular formula is C22H36N4O2. The summed E-state index contributed by atoms with van der Waals surface area (Å²) in [6, 6.07) is 9.22. The van der Waals surface area contributed by atoms with Crippen LogP contribution in [0, 0.1) is 12.8 Å². The highest BCUT2D eigenvalue weighted by Crippen LogP contribution is 2.20. The van der Waals surface area contributed by atoms with Crippen LogP contribution in [-0.2, 0) is 9.47 Å². The van der Waals surface area contributed by atoms with Gasteiger partial charge in [-0.3, -0.25) is 4.99 Å². The zero-order chi connectivity index (χ0) is 19.6. The Morgan fingerprint density at radius 1 is 1.21 bits per heavy atom. The zero-order valence-corrected chi connectivity index (χ0v) is 17.5. The molecule has 2 aliphatic heterocycles. The number of nitrogens with zero attached hydrogens (tertiary/aromatic N) is 2. The second-order valence-electron chi connectivity index (χ2n) is 7.89. The van der Waals surface area contributed by atoms with Crippen LogP contribution in [0.2, 0.25) is 0 Å². The number of anilines is 1. The summed E-state index contributed by atoms with van der Waals surface area (Å²) in [5.41, 5.74) is 2.61. The van der Waals surface area contributed by atoms with Gasteiger partial charge in [0.2, 0.25) is 0 Å². The lowest BCUT2D eigenvalue weighted by Crippen LogP contribution is -2.45. The molecule has 0 aromatic heterocycles. The average molecular weight is 389 g/mol. The first-order chi connectivity index (χ1) is 13.7. The van der Waals surface area contributed by atoms with E-state index in [9.17, 15) is 0 Å². The van der Waals surface area contributed by atoms with Crippen molar-refractivity contribution < 1.29 is 9.47 Å². The minimum Gasteiger partial charge on any atom is -0.381 e. The predicted molar refractivity (Wildman–Crippen MR) is 115 cm³/mol. The number of benzene rings is 1. The van der Waals surface area contributed by atoms with E-state index >= 15 is 0 Å². The van der Waals surface area contributed by atoms with Crippen LogP contribution in [0.25, 0.3) is 0 Å². The number of aryl methyl sites for hydroxylation is 1. The van der Waals surface area contributed by atoms with E-state index in [2.05, 4.69) is 51.7 Å². The molecule has 2 aliphatic rings. The summed E-state index contributed by atoms with van der Waals surface area (Å²) in [4.78, 5) is 6.81. The Morgan fingerprint density at radius 2 is 2.00 bits per heavy atom. The number of hydrogen-bond acceptors (Lipinski definition) is 4. The molecule has 6 nitrogen and oxygen atoms in total. The van der Waals surface area contributed by atoms with Gasteiger partial charge in [-0.15, -0.1) is 0 Å². The lowest BCUT2D eigenvalue weighted by molar-refractivity contribution is 0.0203. The third kappa shape index (κ3) is 6.67. The Labute approximate surface area is 169 Å². The van der Waals surface area contributed by atoms with Crippen LogP contribution in [0.5, 0.6) is 0 Å². The number of guanidine groups is 1. The number of hydrogen-bond donors (Lipinski definition) is 2. The van der Waals surface area contributed by atoms with Gasteiger partial charge in [0.25, 0.3) is 0 Å². The Morgan fingerprint density at radius 3 is 2.75 bits per heavy atom. The van der Waals surface area contributed by atoms with Crippen LogP contribution in [0.4, 0.5) is 5.69 Å². The van der Waals surface area contributed by atoms with Gasteiger partial charge < -0.3 is 25.0 Å². The molecule has 2 N–H and O–H groups in total. The minimum absolute atomic E-state index is 0.428.